The minimum absolute atomic E-state index is 0.0248. The SMILES string of the molecule is COc1ccc(C(=O)NC(C)CC23CC4CC(CC(C4)C2)C3)cc1OC. The molecule has 0 heterocycles. The van der Waals surface area contributed by atoms with E-state index in [0.29, 0.717) is 22.5 Å². The van der Waals surface area contributed by atoms with Crippen LogP contribution >= 0.6 is 0 Å². The Morgan fingerprint density at radius 1 is 1.08 bits per heavy atom. The van der Waals surface area contributed by atoms with Crippen molar-refractivity contribution in [3.63, 3.8) is 0 Å². The molecule has 142 valence electrons. The fourth-order valence-electron chi connectivity index (χ4n) is 6.53. The normalized spacial score (nSPS) is 33.0. The minimum atomic E-state index is -0.0248. The molecule has 4 aliphatic carbocycles. The number of hydrogen-bond acceptors (Lipinski definition) is 3. The lowest BCUT2D eigenvalue weighted by Crippen LogP contribution is -2.49. The summed E-state index contributed by atoms with van der Waals surface area (Å²) in [6.45, 7) is 2.16. The lowest BCUT2D eigenvalue weighted by atomic mass is 9.48. The molecule has 1 amide bonds. The van der Waals surface area contributed by atoms with Gasteiger partial charge in [0.25, 0.3) is 5.91 Å². The van der Waals surface area contributed by atoms with E-state index in [9.17, 15) is 4.79 Å². The molecule has 26 heavy (non-hydrogen) atoms. The number of rotatable bonds is 6. The Hall–Kier alpha value is -1.71. The van der Waals surface area contributed by atoms with Crippen LogP contribution in [-0.2, 0) is 0 Å². The van der Waals surface area contributed by atoms with E-state index in [-0.39, 0.29) is 11.9 Å². The lowest BCUT2D eigenvalue weighted by Gasteiger charge is -2.57. The van der Waals surface area contributed by atoms with Crippen molar-refractivity contribution < 1.29 is 14.3 Å². The van der Waals surface area contributed by atoms with Crippen molar-refractivity contribution in [2.75, 3.05) is 14.2 Å². The third-order valence-corrected chi connectivity index (χ3v) is 6.93. The second-order valence-electron chi connectivity index (χ2n) is 9.07. The molecule has 1 unspecified atom stereocenters. The molecule has 4 aliphatic rings. The van der Waals surface area contributed by atoms with E-state index in [4.69, 9.17) is 9.47 Å². The maximum absolute atomic E-state index is 12.7. The van der Waals surface area contributed by atoms with E-state index in [2.05, 4.69) is 12.2 Å². The van der Waals surface area contributed by atoms with Crippen molar-refractivity contribution >= 4 is 5.91 Å². The molecule has 4 heteroatoms. The zero-order valence-electron chi connectivity index (χ0n) is 16.2. The quantitative estimate of drug-likeness (QED) is 0.819. The third kappa shape index (κ3) is 3.30. The Labute approximate surface area is 156 Å². The molecule has 0 aliphatic heterocycles. The van der Waals surface area contributed by atoms with Crippen LogP contribution < -0.4 is 14.8 Å². The average molecular weight is 357 g/mol. The molecule has 0 saturated heterocycles. The molecule has 4 nitrogen and oxygen atoms in total. The number of carbonyl (C=O) groups excluding carboxylic acids is 1. The van der Waals surface area contributed by atoms with Crippen LogP contribution in [0.15, 0.2) is 18.2 Å². The highest BCUT2D eigenvalue weighted by Gasteiger charge is 2.51. The Kier molecular flexibility index (Phi) is 4.62. The number of methoxy groups -OCH3 is 2. The van der Waals surface area contributed by atoms with Gasteiger partial charge in [-0.2, -0.15) is 0 Å². The van der Waals surface area contributed by atoms with Crippen molar-refractivity contribution in [3.05, 3.63) is 23.8 Å². The molecule has 1 atom stereocenters. The number of ether oxygens (including phenoxy) is 2. The van der Waals surface area contributed by atoms with Gasteiger partial charge < -0.3 is 14.8 Å². The van der Waals surface area contributed by atoms with Gasteiger partial charge in [-0.1, -0.05) is 0 Å². The van der Waals surface area contributed by atoms with Gasteiger partial charge in [0.1, 0.15) is 0 Å². The van der Waals surface area contributed by atoms with Crippen LogP contribution in [0, 0.1) is 23.2 Å². The van der Waals surface area contributed by atoms with Gasteiger partial charge in [0.15, 0.2) is 11.5 Å². The first-order chi connectivity index (χ1) is 12.5. The van der Waals surface area contributed by atoms with Crippen LogP contribution in [0.2, 0.25) is 0 Å². The molecule has 4 saturated carbocycles. The van der Waals surface area contributed by atoms with Crippen LogP contribution in [-0.4, -0.2) is 26.2 Å². The van der Waals surface area contributed by atoms with Crippen LogP contribution in [0.5, 0.6) is 11.5 Å². The standard InChI is InChI=1S/C22H31NO3/c1-14(10-22-11-15-6-16(12-22)8-17(7-15)13-22)23-21(24)18-4-5-19(25-2)20(9-18)26-3/h4-5,9,14-17H,6-8,10-13H2,1-3H3,(H,23,24). The molecule has 0 aromatic heterocycles. The van der Waals surface area contributed by atoms with Crippen LogP contribution in [0.3, 0.4) is 0 Å². The van der Waals surface area contributed by atoms with Crippen LogP contribution in [0.1, 0.15) is 62.2 Å². The van der Waals surface area contributed by atoms with Gasteiger partial charge in [-0.3, -0.25) is 4.79 Å². The summed E-state index contributed by atoms with van der Waals surface area (Å²) >= 11 is 0. The molecule has 1 N–H and O–H groups in total. The molecular weight excluding hydrogens is 326 g/mol. The maximum atomic E-state index is 12.7. The Morgan fingerprint density at radius 2 is 1.65 bits per heavy atom. The monoisotopic (exact) mass is 357 g/mol. The average Bonchev–Trinajstić information content (AvgIpc) is 2.59. The first kappa shape index (κ1) is 17.7. The molecule has 5 rings (SSSR count). The number of hydrogen-bond donors (Lipinski definition) is 1. The van der Waals surface area contributed by atoms with Gasteiger partial charge in [0.2, 0.25) is 0 Å². The van der Waals surface area contributed by atoms with E-state index in [1.165, 1.54) is 38.5 Å². The minimum Gasteiger partial charge on any atom is -0.493 e. The number of carbonyl (C=O) groups is 1. The van der Waals surface area contributed by atoms with Gasteiger partial charge in [-0.15, -0.1) is 0 Å². The summed E-state index contributed by atoms with van der Waals surface area (Å²) in [5.74, 6) is 4.07. The number of benzene rings is 1. The molecule has 1 aromatic carbocycles. The molecular formula is C22H31NO3. The summed E-state index contributed by atoms with van der Waals surface area (Å²) in [5, 5.41) is 3.22. The maximum Gasteiger partial charge on any atom is 0.251 e. The van der Waals surface area contributed by atoms with Crippen molar-refractivity contribution in [2.45, 2.75) is 57.9 Å². The van der Waals surface area contributed by atoms with Gasteiger partial charge in [-0.05, 0) is 93.2 Å². The number of nitrogens with one attached hydrogen (secondary N) is 1. The molecule has 0 spiro atoms. The first-order valence-corrected chi connectivity index (χ1v) is 10.0. The Bertz CT molecular complexity index is 649. The highest BCUT2D eigenvalue weighted by molar-refractivity contribution is 5.95. The van der Waals surface area contributed by atoms with Gasteiger partial charge in [0.05, 0.1) is 14.2 Å². The number of amides is 1. The van der Waals surface area contributed by atoms with Crippen molar-refractivity contribution in [2.24, 2.45) is 23.2 Å². The summed E-state index contributed by atoms with van der Waals surface area (Å²) in [4.78, 5) is 12.7. The predicted molar refractivity (Wildman–Crippen MR) is 102 cm³/mol. The predicted octanol–water partition coefficient (Wildman–Crippen LogP) is 4.43. The van der Waals surface area contributed by atoms with Crippen LogP contribution in [0.4, 0.5) is 0 Å². The Morgan fingerprint density at radius 3 is 2.19 bits per heavy atom. The topological polar surface area (TPSA) is 47.6 Å². The van der Waals surface area contributed by atoms with E-state index < -0.39 is 0 Å². The fourth-order valence-corrected chi connectivity index (χ4v) is 6.53. The summed E-state index contributed by atoms with van der Waals surface area (Å²) in [6, 6.07) is 5.55. The lowest BCUT2D eigenvalue weighted by molar-refractivity contribution is -0.0607. The van der Waals surface area contributed by atoms with Crippen molar-refractivity contribution in [1.82, 2.24) is 5.32 Å². The van der Waals surface area contributed by atoms with Gasteiger partial charge in [-0.25, -0.2) is 0 Å². The van der Waals surface area contributed by atoms with Crippen molar-refractivity contribution in [3.8, 4) is 11.5 Å². The van der Waals surface area contributed by atoms with Gasteiger partial charge >= 0.3 is 0 Å². The Balaban J connectivity index is 1.40. The van der Waals surface area contributed by atoms with E-state index in [0.717, 1.165) is 24.2 Å². The zero-order chi connectivity index (χ0) is 18.3. The third-order valence-electron chi connectivity index (χ3n) is 6.93. The fraction of sp³-hybridized carbons (Fsp3) is 0.682. The van der Waals surface area contributed by atoms with E-state index in [1.54, 1.807) is 32.4 Å². The summed E-state index contributed by atoms with van der Waals surface area (Å²) in [7, 11) is 3.19. The van der Waals surface area contributed by atoms with Crippen LogP contribution in [0.25, 0.3) is 0 Å². The van der Waals surface area contributed by atoms with Gasteiger partial charge in [0, 0.05) is 11.6 Å². The molecule has 4 fully saturated rings. The first-order valence-electron chi connectivity index (χ1n) is 10.0. The summed E-state index contributed by atoms with van der Waals surface area (Å²) in [5.41, 5.74) is 1.11. The summed E-state index contributed by atoms with van der Waals surface area (Å²) < 4.78 is 10.6. The van der Waals surface area contributed by atoms with E-state index >= 15 is 0 Å². The molecule has 4 bridgehead atoms. The second kappa shape index (κ2) is 6.79. The summed E-state index contributed by atoms with van der Waals surface area (Å²) in [6.07, 6.45) is 9.67. The molecule has 1 aromatic rings. The van der Waals surface area contributed by atoms with Crippen molar-refractivity contribution in [1.29, 1.82) is 0 Å². The largest absolute Gasteiger partial charge is 0.493 e. The highest BCUT2D eigenvalue weighted by atomic mass is 16.5. The second-order valence-corrected chi connectivity index (χ2v) is 9.07. The van der Waals surface area contributed by atoms with E-state index in [1.807, 2.05) is 0 Å². The molecule has 0 radical (unpaired) electrons. The highest BCUT2D eigenvalue weighted by Crippen LogP contribution is 2.61. The smallest absolute Gasteiger partial charge is 0.251 e. The zero-order valence-corrected chi connectivity index (χ0v) is 16.2.